The molecule has 3 aliphatic rings. The highest BCUT2D eigenvalue weighted by molar-refractivity contribution is 9.09. The van der Waals surface area contributed by atoms with E-state index in [1.54, 1.807) is 29.2 Å². The van der Waals surface area contributed by atoms with Crippen molar-refractivity contribution in [2.45, 2.75) is 67.8 Å². The predicted octanol–water partition coefficient (Wildman–Crippen LogP) is 2.52. The maximum atomic E-state index is 14.0. The molecule has 3 fully saturated rings. The number of hydrogen-bond donors (Lipinski definition) is 2. The molecule has 11 heteroatoms. The molecule has 1 aromatic carbocycles. The number of esters is 1. The minimum absolute atomic E-state index is 0.0497. The van der Waals surface area contributed by atoms with Crippen molar-refractivity contribution in [3.05, 3.63) is 61.2 Å². The Balaban J connectivity index is 1.64. The van der Waals surface area contributed by atoms with E-state index in [1.165, 1.54) is 4.90 Å². The highest BCUT2D eigenvalue weighted by atomic mass is 79.9. The average Bonchev–Trinajstić information content (AvgIpc) is 3.56. The minimum atomic E-state index is -1.26. The molecule has 4 rings (SSSR count). The van der Waals surface area contributed by atoms with Crippen LogP contribution in [0.5, 0.6) is 0 Å². The van der Waals surface area contributed by atoms with Gasteiger partial charge in [0.15, 0.2) is 0 Å². The lowest BCUT2D eigenvalue weighted by Crippen LogP contribution is -2.58. The molecule has 7 atom stereocenters. The van der Waals surface area contributed by atoms with Crippen LogP contribution in [0.1, 0.15) is 44.8 Å². The number of β-amino-alcohol motifs (C(OH)–C–C–N with tert-alkyl or cyclic N) is 1. The van der Waals surface area contributed by atoms with Gasteiger partial charge in [0.2, 0.25) is 17.7 Å². The van der Waals surface area contributed by atoms with Crippen molar-refractivity contribution in [1.29, 1.82) is 0 Å². The summed E-state index contributed by atoms with van der Waals surface area (Å²) in [4.78, 5) is 57.0. The van der Waals surface area contributed by atoms with Crippen LogP contribution in [0.4, 0.5) is 0 Å². The van der Waals surface area contributed by atoms with Gasteiger partial charge in [0.05, 0.1) is 31.1 Å². The van der Waals surface area contributed by atoms with Gasteiger partial charge in [-0.1, -0.05) is 58.4 Å². The van der Waals surface area contributed by atoms with Crippen molar-refractivity contribution in [2.75, 3.05) is 26.2 Å². The topological polar surface area (TPSA) is 125 Å². The molecule has 42 heavy (non-hydrogen) atoms. The number of alkyl halides is 1. The van der Waals surface area contributed by atoms with Gasteiger partial charge >= 0.3 is 5.97 Å². The van der Waals surface area contributed by atoms with Gasteiger partial charge in [0.1, 0.15) is 17.7 Å². The number of allylic oxidation sites excluding steroid dienone is 1. The summed E-state index contributed by atoms with van der Waals surface area (Å²) in [5.74, 6) is -3.50. The Hall–Kier alpha value is -3.02. The Morgan fingerprint density at radius 2 is 1.98 bits per heavy atom. The number of fused-ring (bicyclic) bond motifs is 1. The number of nitrogens with zero attached hydrogens (tertiary/aromatic N) is 2. The van der Waals surface area contributed by atoms with Gasteiger partial charge in [0, 0.05) is 30.4 Å². The smallest absolute Gasteiger partial charge is 0.313 e. The average molecular weight is 647 g/mol. The van der Waals surface area contributed by atoms with Crippen LogP contribution in [-0.2, 0) is 28.7 Å². The van der Waals surface area contributed by atoms with Crippen LogP contribution in [0.15, 0.2) is 55.6 Å². The summed E-state index contributed by atoms with van der Waals surface area (Å²) in [5, 5.41) is 12.7. The quantitative estimate of drug-likeness (QED) is 0.181. The van der Waals surface area contributed by atoms with Gasteiger partial charge in [-0.05, 0) is 32.3 Å². The van der Waals surface area contributed by atoms with Crippen LogP contribution >= 0.6 is 15.9 Å². The Labute approximate surface area is 255 Å². The van der Waals surface area contributed by atoms with Gasteiger partial charge < -0.3 is 29.7 Å². The Morgan fingerprint density at radius 1 is 1.26 bits per heavy atom. The Bertz CT molecular complexity index is 1190. The van der Waals surface area contributed by atoms with Gasteiger partial charge in [-0.25, -0.2) is 0 Å². The van der Waals surface area contributed by atoms with E-state index in [1.807, 2.05) is 32.0 Å². The Morgan fingerprint density at radius 3 is 2.60 bits per heavy atom. The van der Waals surface area contributed by atoms with Crippen molar-refractivity contribution in [3.8, 4) is 0 Å². The first kappa shape index (κ1) is 31.9. The van der Waals surface area contributed by atoms with Crippen LogP contribution in [-0.4, -0.2) is 93.5 Å². The number of hydrogen-bond acceptors (Lipinski definition) is 7. The van der Waals surface area contributed by atoms with E-state index in [9.17, 15) is 24.3 Å². The maximum absolute atomic E-state index is 14.0. The molecule has 228 valence electrons. The second kappa shape index (κ2) is 13.5. The number of benzene rings is 1. The van der Waals surface area contributed by atoms with E-state index in [-0.39, 0.29) is 55.3 Å². The monoisotopic (exact) mass is 645 g/mol. The van der Waals surface area contributed by atoms with Crippen LogP contribution in [0.25, 0.3) is 0 Å². The van der Waals surface area contributed by atoms with Gasteiger partial charge in [-0.15, -0.1) is 13.2 Å². The molecular weight excluding hydrogens is 606 g/mol. The first-order valence-electron chi connectivity index (χ1n) is 14.4. The number of carbonyl (C=O) groups excluding carboxylic acids is 4. The van der Waals surface area contributed by atoms with E-state index >= 15 is 0 Å². The third-order valence-electron chi connectivity index (χ3n) is 8.36. The molecule has 0 radical (unpaired) electrons. The number of ether oxygens (including phenoxy) is 2. The molecule has 2 N–H and O–H groups in total. The molecule has 0 aromatic heterocycles. The van der Waals surface area contributed by atoms with Crippen molar-refractivity contribution in [3.63, 3.8) is 0 Å². The fraction of sp³-hybridized carbons (Fsp3) is 0.548. The molecule has 2 bridgehead atoms. The lowest BCUT2D eigenvalue weighted by atomic mass is 9.70. The summed E-state index contributed by atoms with van der Waals surface area (Å²) in [6, 6.07) is 7.88. The van der Waals surface area contributed by atoms with Crippen LogP contribution < -0.4 is 5.32 Å². The van der Waals surface area contributed by atoms with E-state index in [0.717, 1.165) is 0 Å². The van der Waals surface area contributed by atoms with Gasteiger partial charge in [-0.2, -0.15) is 0 Å². The summed E-state index contributed by atoms with van der Waals surface area (Å²) in [7, 11) is 0. The lowest BCUT2D eigenvalue weighted by molar-refractivity contribution is -0.160. The molecule has 10 nitrogen and oxygen atoms in total. The van der Waals surface area contributed by atoms with E-state index in [0.29, 0.717) is 18.4 Å². The number of halogens is 1. The highest BCUT2D eigenvalue weighted by Gasteiger charge is 2.77. The molecule has 1 aromatic rings. The molecular formula is C31H40BrN3O7. The molecule has 0 aliphatic carbocycles. The molecule has 3 saturated heterocycles. The van der Waals surface area contributed by atoms with Crippen LogP contribution in [0.2, 0.25) is 0 Å². The van der Waals surface area contributed by atoms with Crippen LogP contribution in [0, 0.1) is 11.8 Å². The zero-order chi connectivity index (χ0) is 30.6. The second-order valence-corrected chi connectivity index (χ2v) is 12.4. The number of aliphatic hydroxyl groups is 1. The second-order valence-electron chi connectivity index (χ2n) is 11.3. The summed E-state index contributed by atoms with van der Waals surface area (Å²) in [5.41, 5.74) is -0.574. The van der Waals surface area contributed by atoms with Crippen LogP contribution in [0.3, 0.4) is 0 Å². The van der Waals surface area contributed by atoms with Gasteiger partial charge in [0.25, 0.3) is 0 Å². The Kier molecular flexibility index (Phi) is 10.3. The first-order chi connectivity index (χ1) is 20.1. The lowest BCUT2D eigenvalue weighted by Gasteiger charge is -2.38. The number of nitrogens with one attached hydrogen (secondary N) is 1. The molecule has 1 unspecified atom stereocenters. The zero-order valence-electron chi connectivity index (χ0n) is 24.1. The molecule has 3 amide bonds. The predicted molar refractivity (Wildman–Crippen MR) is 159 cm³/mol. The van der Waals surface area contributed by atoms with E-state index < -0.39 is 47.6 Å². The fourth-order valence-electron chi connectivity index (χ4n) is 6.52. The summed E-state index contributed by atoms with van der Waals surface area (Å²) in [6.07, 6.45) is 2.91. The van der Waals surface area contributed by atoms with Crippen molar-refractivity contribution in [1.82, 2.24) is 15.1 Å². The largest absolute Gasteiger partial charge is 0.455 e. The van der Waals surface area contributed by atoms with E-state index in [4.69, 9.17) is 9.47 Å². The minimum Gasteiger partial charge on any atom is -0.455 e. The molecule has 0 saturated carbocycles. The summed E-state index contributed by atoms with van der Waals surface area (Å²) < 4.78 is 12.5. The van der Waals surface area contributed by atoms with Crippen molar-refractivity contribution < 1.29 is 33.8 Å². The maximum Gasteiger partial charge on any atom is 0.313 e. The zero-order valence-corrected chi connectivity index (χ0v) is 25.7. The highest BCUT2D eigenvalue weighted by Crippen LogP contribution is 2.60. The fourth-order valence-corrected chi connectivity index (χ4v) is 7.46. The molecule has 3 heterocycles. The first-order valence-corrected chi connectivity index (χ1v) is 15.3. The standard InChI is InChI=1S/C31H40BrN3O7/c1-5-7-13-23(37)33-18-22(20-11-9-8-10-12-20)41-30(40)24-25-28(38)35(15-16-36)27(29(39)34(14-6-2)19(3)4)31(25)17-21(32)26(24)42-31/h5-6,8-12,19,21-22,24-27,36H,1-2,7,13-18H2,3-4H3,(H,33,37)/t21?,22-,24+,25-,26+,27+,31-/m0/s1. The number of amides is 3. The van der Waals surface area contributed by atoms with Gasteiger partial charge in [-0.3, -0.25) is 19.2 Å². The third kappa shape index (κ3) is 5.91. The number of rotatable bonds is 14. The third-order valence-corrected chi connectivity index (χ3v) is 9.20. The normalized spacial score (nSPS) is 28.4. The molecule has 1 spiro atoms. The SMILES string of the molecule is C=CCCC(=O)NC[C@H](OC(=O)[C@H]1[C@@H]2O[C@@]3(CC2Br)[C@@H]1C(=O)N(CCO)[C@@H]3C(=O)N(CC=C)C(C)C)c1ccccc1. The molecule has 3 aliphatic heterocycles. The van der Waals surface area contributed by atoms with Crippen molar-refractivity contribution in [2.24, 2.45) is 11.8 Å². The number of likely N-dealkylation sites (tertiary alicyclic amines) is 1. The number of carbonyl (C=O) groups is 4. The van der Waals surface area contributed by atoms with E-state index in [2.05, 4.69) is 34.4 Å². The summed E-state index contributed by atoms with van der Waals surface area (Å²) >= 11 is 3.65. The van der Waals surface area contributed by atoms with Crippen molar-refractivity contribution >= 4 is 39.6 Å². The summed E-state index contributed by atoms with van der Waals surface area (Å²) in [6.45, 7) is 11.1. The number of aliphatic hydroxyl groups excluding tert-OH is 1.